The molecule has 0 saturated heterocycles. The van der Waals surface area contributed by atoms with Gasteiger partial charge in [0.1, 0.15) is 16.9 Å². The van der Waals surface area contributed by atoms with Crippen LogP contribution in [0.1, 0.15) is 16.6 Å². The minimum atomic E-state index is -0.685. The number of hydrogen-bond acceptors (Lipinski definition) is 7. The summed E-state index contributed by atoms with van der Waals surface area (Å²) in [7, 11) is 2.95. The molecular formula is C19H18ClFN4O4S. The molecule has 1 heterocycles. The van der Waals surface area contributed by atoms with Crippen LogP contribution in [0.25, 0.3) is 5.69 Å². The van der Waals surface area contributed by atoms with Crippen molar-refractivity contribution in [2.45, 2.75) is 17.3 Å². The molecule has 2 aromatic carbocycles. The minimum absolute atomic E-state index is 0.302. The van der Waals surface area contributed by atoms with Crippen molar-refractivity contribution in [2.24, 2.45) is 0 Å². The van der Waals surface area contributed by atoms with E-state index in [4.69, 9.17) is 21.1 Å². The summed E-state index contributed by atoms with van der Waals surface area (Å²) in [6.07, 6.45) is 0. The molecule has 0 aliphatic rings. The van der Waals surface area contributed by atoms with Crippen molar-refractivity contribution in [3.05, 3.63) is 68.7 Å². The van der Waals surface area contributed by atoms with E-state index in [0.29, 0.717) is 38.8 Å². The highest BCUT2D eigenvalue weighted by molar-refractivity contribution is 7.99. The largest absolute Gasteiger partial charge is 0.493 e. The highest BCUT2D eigenvalue weighted by Crippen LogP contribution is 2.43. The molecule has 3 aromatic rings. The van der Waals surface area contributed by atoms with E-state index in [-0.39, 0.29) is 5.82 Å². The molecule has 0 aliphatic heterocycles. The number of nitrogens with zero attached hydrogens (tertiary/aromatic N) is 4. The Morgan fingerprint density at radius 2 is 1.83 bits per heavy atom. The van der Waals surface area contributed by atoms with Crippen LogP contribution in [-0.2, 0) is 0 Å². The predicted octanol–water partition coefficient (Wildman–Crippen LogP) is 4.50. The van der Waals surface area contributed by atoms with Gasteiger partial charge in [0, 0.05) is 21.7 Å². The zero-order chi connectivity index (χ0) is 21.8. The van der Waals surface area contributed by atoms with Gasteiger partial charge in [0.15, 0.2) is 16.7 Å². The zero-order valence-corrected chi connectivity index (χ0v) is 17.9. The van der Waals surface area contributed by atoms with Gasteiger partial charge in [0.05, 0.1) is 14.2 Å². The average molecular weight is 453 g/mol. The summed E-state index contributed by atoms with van der Waals surface area (Å²) < 4.78 is 25.6. The molecule has 3 rings (SSSR count). The molecule has 0 aliphatic carbocycles. The first-order valence-electron chi connectivity index (χ1n) is 8.71. The summed E-state index contributed by atoms with van der Waals surface area (Å²) in [5, 5.41) is 19.6. The van der Waals surface area contributed by atoms with Crippen molar-refractivity contribution >= 4 is 23.4 Å². The van der Waals surface area contributed by atoms with Gasteiger partial charge in [-0.1, -0.05) is 23.4 Å². The van der Waals surface area contributed by atoms with Crippen molar-refractivity contribution in [1.29, 1.82) is 0 Å². The molecule has 0 N–H and O–H groups in total. The van der Waals surface area contributed by atoms with E-state index in [1.807, 2.05) is 0 Å². The molecule has 158 valence electrons. The van der Waals surface area contributed by atoms with Crippen LogP contribution in [-0.4, -0.2) is 40.5 Å². The maximum atomic E-state index is 13.3. The number of benzene rings is 2. The van der Waals surface area contributed by atoms with Crippen molar-refractivity contribution in [1.82, 2.24) is 14.8 Å². The number of rotatable bonds is 8. The van der Waals surface area contributed by atoms with Crippen LogP contribution >= 0.6 is 23.4 Å². The Kier molecular flexibility index (Phi) is 6.78. The molecule has 0 bridgehead atoms. The maximum Gasteiger partial charge on any atom is 0.220 e. The highest BCUT2D eigenvalue weighted by Gasteiger charge is 2.27. The minimum Gasteiger partial charge on any atom is -0.493 e. The smallest absolute Gasteiger partial charge is 0.220 e. The Hall–Kier alpha value is -2.85. The number of aryl methyl sites for hydroxylation is 1. The molecule has 0 spiro atoms. The van der Waals surface area contributed by atoms with Crippen LogP contribution < -0.4 is 9.47 Å². The van der Waals surface area contributed by atoms with E-state index in [9.17, 15) is 14.5 Å². The van der Waals surface area contributed by atoms with Gasteiger partial charge >= 0.3 is 0 Å². The molecule has 1 aromatic heterocycles. The summed E-state index contributed by atoms with van der Waals surface area (Å²) in [5.41, 5.74) is 1.14. The molecule has 1 atom stereocenters. The van der Waals surface area contributed by atoms with Crippen molar-refractivity contribution in [3.8, 4) is 17.2 Å². The van der Waals surface area contributed by atoms with Gasteiger partial charge in [0.2, 0.25) is 6.54 Å². The van der Waals surface area contributed by atoms with Gasteiger partial charge in [0.25, 0.3) is 0 Å². The molecular weight excluding hydrogens is 435 g/mol. The number of nitro groups is 1. The SMILES string of the molecule is COc1cc(Cl)c([C@@H](C[N+](=O)[O-])Sc2nnc(C)n2-c2ccc(F)cc2)cc1OC. The second-order valence-corrected chi connectivity index (χ2v) is 7.77. The number of halogens is 2. The van der Waals surface area contributed by atoms with E-state index in [2.05, 4.69) is 10.2 Å². The first-order valence-corrected chi connectivity index (χ1v) is 9.97. The second-order valence-electron chi connectivity index (χ2n) is 6.19. The Morgan fingerprint density at radius 3 is 2.43 bits per heavy atom. The van der Waals surface area contributed by atoms with E-state index < -0.39 is 16.7 Å². The van der Waals surface area contributed by atoms with Gasteiger partial charge in [-0.15, -0.1) is 10.2 Å². The van der Waals surface area contributed by atoms with Gasteiger partial charge in [-0.25, -0.2) is 4.39 Å². The monoisotopic (exact) mass is 452 g/mol. The fraction of sp³-hybridized carbons (Fsp3) is 0.263. The lowest BCUT2D eigenvalue weighted by molar-refractivity contribution is -0.479. The number of aromatic nitrogens is 3. The fourth-order valence-electron chi connectivity index (χ4n) is 2.89. The number of ether oxygens (including phenoxy) is 2. The normalized spacial score (nSPS) is 11.9. The average Bonchev–Trinajstić information content (AvgIpc) is 3.07. The molecule has 0 amide bonds. The first kappa shape index (κ1) is 21.8. The Bertz CT molecular complexity index is 1060. The van der Waals surface area contributed by atoms with Crippen LogP contribution in [0.2, 0.25) is 5.02 Å². The van der Waals surface area contributed by atoms with Gasteiger partial charge in [-0.2, -0.15) is 0 Å². The van der Waals surface area contributed by atoms with Gasteiger partial charge < -0.3 is 9.47 Å². The molecule has 8 nitrogen and oxygen atoms in total. The predicted molar refractivity (Wildman–Crippen MR) is 111 cm³/mol. The van der Waals surface area contributed by atoms with E-state index >= 15 is 0 Å². The van der Waals surface area contributed by atoms with Crippen LogP contribution in [0, 0.1) is 22.9 Å². The first-order chi connectivity index (χ1) is 14.3. The van der Waals surface area contributed by atoms with Crippen LogP contribution in [0.5, 0.6) is 11.5 Å². The third-order valence-electron chi connectivity index (χ3n) is 4.29. The molecule has 0 radical (unpaired) electrons. The van der Waals surface area contributed by atoms with Gasteiger partial charge in [-0.05, 0) is 42.8 Å². The Morgan fingerprint density at radius 1 is 1.20 bits per heavy atom. The quantitative estimate of drug-likeness (QED) is 0.282. The summed E-state index contributed by atoms with van der Waals surface area (Å²) in [4.78, 5) is 10.9. The molecule has 11 heteroatoms. The number of methoxy groups -OCH3 is 2. The standard InChI is InChI=1S/C19H18ClFN4O4S/c1-11-22-23-19(25(11)13-6-4-12(21)5-7-13)30-18(10-24(26)27)14-8-16(28-2)17(29-3)9-15(14)20/h4-9,18H,10H2,1-3H3/t18-/m1/s1. The fourth-order valence-corrected chi connectivity index (χ4v) is 4.44. The van der Waals surface area contributed by atoms with Crippen LogP contribution in [0.4, 0.5) is 4.39 Å². The molecule has 30 heavy (non-hydrogen) atoms. The lowest BCUT2D eigenvalue weighted by Gasteiger charge is -2.17. The van der Waals surface area contributed by atoms with E-state index in [1.165, 1.54) is 26.4 Å². The third kappa shape index (κ3) is 4.65. The summed E-state index contributed by atoms with van der Waals surface area (Å²) in [5.74, 6) is 1.01. The maximum absolute atomic E-state index is 13.3. The summed E-state index contributed by atoms with van der Waals surface area (Å²) in [6.45, 7) is 1.33. The topological polar surface area (TPSA) is 92.3 Å². The van der Waals surface area contributed by atoms with E-state index in [0.717, 1.165) is 11.8 Å². The lowest BCUT2D eigenvalue weighted by atomic mass is 10.1. The van der Waals surface area contributed by atoms with Crippen molar-refractivity contribution < 1.29 is 18.8 Å². The van der Waals surface area contributed by atoms with Crippen molar-refractivity contribution in [2.75, 3.05) is 20.8 Å². The summed E-state index contributed by atoms with van der Waals surface area (Å²) in [6, 6.07) is 8.99. The van der Waals surface area contributed by atoms with Crippen LogP contribution in [0.3, 0.4) is 0 Å². The Labute approximate surface area is 181 Å². The van der Waals surface area contributed by atoms with Crippen LogP contribution in [0.15, 0.2) is 41.6 Å². The number of hydrogen-bond donors (Lipinski definition) is 0. The third-order valence-corrected chi connectivity index (χ3v) is 5.78. The second kappa shape index (κ2) is 9.31. The van der Waals surface area contributed by atoms with Crippen molar-refractivity contribution in [3.63, 3.8) is 0 Å². The van der Waals surface area contributed by atoms with Gasteiger partial charge in [-0.3, -0.25) is 14.7 Å². The highest BCUT2D eigenvalue weighted by atomic mass is 35.5. The zero-order valence-electron chi connectivity index (χ0n) is 16.3. The molecule has 0 fully saturated rings. The Balaban J connectivity index is 2.04. The molecule has 0 saturated carbocycles. The number of thioether (sulfide) groups is 1. The lowest BCUT2D eigenvalue weighted by Crippen LogP contribution is -2.12. The molecule has 0 unspecified atom stereocenters. The van der Waals surface area contributed by atoms with E-state index in [1.54, 1.807) is 35.8 Å². The summed E-state index contributed by atoms with van der Waals surface area (Å²) >= 11 is 7.54.